The molecule has 2 fully saturated rings. The molecule has 0 spiro atoms. The Morgan fingerprint density at radius 2 is 0.917 bits per heavy atom. The molecule has 0 aromatic carbocycles. The molecular formula is C12H24. The van der Waals surface area contributed by atoms with Crippen LogP contribution >= 0.6 is 0 Å². The van der Waals surface area contributed by atoms with Crippen LogP contribution in [0.15, 0.2) is 0 Å². The second kappa shape index (κ2) is 6.51. The first kappa shape index (κ1) is 10.1. The monoisotopic (exact) mass is 168 g/mol. The zero-order chi connectivity index (χ0) is 8.65. The third-order valence-electron chi connectivity index (χ3n) is 3.14. The normalized spacial score (nSPS) is 24.8. The predicted molar refractivity (Wildman–Crippen MR) is 55.3 cm³/mol. The van der Waals surface area contributed by atoms with E-state index < -0.39 is 0 Å². The molecule has 0 heteroatoms. The summed E-state index contributed by atoms with van der Waals surface area (Å²) in [7, 11) is 0. The van der Waals surface area contributed by atoms with Gasteiger partial charge in [-0.3, -0.25) is 0 Å². The van der Waals surface area contributed by atoms with Gasteiger partial charge < -0.3 is 0 Å². The number of rotatable bonds is 0. The Labute approximate surface area is 77.7 Å². The van der Waals surface area contributed by atoms with Crippen LogP contribution in [0, 0.1) is 5.92 Å². The first-order valence-electron chi connectivity index (χ1n) is 5.89. The van der Waals surface area contributed by atoms with Crippen LogP contribution in [-0.4, -0.2) is 0 Å². The smallest absolute Gasteiger partial charge is 0.0443 e. The lowest BCUT2D eigenvalue weighted by Gasteiger charge is -2.05. The molecule has 0 heterocycles. The van der Waals surface area contributed by atoms with Gasteiger partial charge in [0.05, 0.1) is 0 Å². The summed E-state index contributed by atoms with van der Waals surface area (Å²) in [5, 5.41) is 0. The van der Waals surface area contributed by atoms with Crippen LogP contribution in [0.1, 0.15) is 71.1 Å². The molecule has 2 aliphatic rings. The van der Waals surface area contributed by atoms with E-state index in [0.29, 0.717) is 0 Å². The first-order valence-corrected chi connectivity index (χ1v) is 5.89. The van der Waals surface area contributed by atoms with E-state index in [1.54, 1.807) is 0 Å². The molecule has 0 N–H and O–H groups in total. The third-order valence-corrected chi connectivity index (χ3v) is 3.14. The Hall–Kier alpha value is 0. The Morgan fingerprint density at radius 3 is 1.08 bits per heavy atom. The van der Waals surface area contributed by atoms with Gasteiger partial charge in [0.15, 0.2) is 0 Å². The predicted octanol–water partition coefficient (Wildman–Crippen LogP) is 4.54. The molecule has 12 heavy (non-hydrogen) atoms. The maximum atomic E-state index is 2.34. The van der Waals surface area contributed by atoms with E-state index in [0.717, 1.165) is 5.92 Å². The van der Waals surface area contributed by atoms with Crippen LogP contribution in [0.2, 0.25) is 0 Å². The van der Waals surface area contributed by atoms with Crippen molar-refractivity contribution < 1.29 is 0 Å². The van der Waals surface area contributed by atoms with Gasteiger partial charge in [0.2, 0.25) is 0 Å². The minimum atomic E-state index is 1.05. The lowest BCUT2D eigenvalue weighted by Crippen LogP contribution is -1.85. The van der Waals surface area contributed by atoms with Gasteiger partial charge in [-0.2, -0.15) is 0 Å². The highest BCUT2D eigenvalue weighted by molar-refractivity contribution is 4.60. The minimum absolute atomic E-state index is 1.05. The van der Waals surface area contributed by atoms with Crippen LogP contribution in [0.3, 0.4) is 0 Å². The molecule has 0 nitrogen and oxygen atoms in total. The van der Waals surface area contributed by atoms with E-state index in [1.165, 1.54) is 64.2 Å². The summed E-state index contributed by atoms with van der Waals surface area (Å²) in [6, 6.07) is 0. The van der Waals surface area contributed by atoms with Crippen molar-refractivity contribution in [3.63, 3.8) is 0 Å². The van der Waals surface area contributed by atoms with Gasteiger partial charge in [-0.25, -0.2) is 0 Å². The lowest BCUT2D eigenvalue weighted by molar-refractivity contribution is 0.504. The summed E-state index contributed by atoms with van der Waals surface area (Å²) in [6.45, 7) is 2.34. The van der Waals surface area contributed by atoms with Crippen molar-refractivity contribution in [2.24, 2.45) is 5.92 Å². The average molecular weight is 168 g/mol. The summed E-state index contributed by atoms with van der Waals surface area (Å²) in [4.78, 5) is 0. The third kappa shape index (κ3) is 4.79. The lowest BCUT2D eigenvalue weighted by atomic mass is 10.0. The van der Waals surface area contributed by atoms with Gasteiger partial charge in [-0.05, 0) is 5.92 Å². The van der Waals surface area contributed by atoms with E-state index in [4.69, 9.17) is 0 Å². The molecule has 0 atom stereocenters. The van der Waals surface area contributed by atoms with Gasteiger partial charge >= 0.3 is 0 Å². The zero-order valence-electron chi connectivity index (χ0n) is 8.65. The Balaban J connectivity index is 0.000000120. The maximum absolute atomic E-state index is 2.34. The van der Waals surface area contributed by atoms with Crippen LogP contribution in [-0.2, 0) is 0 Å². The zero-order valence-corrected chi connectivity index (χ0v) is 8.65. The Kier molecular flexibility index (Phi) is 5.47. The standard InChI is InChI=1S/2C6H12/c1-6-4-2-3-5-6;1-2-4-6-5-3-1/h6H,2-5H2,1H3;1-6H2. The topological polar surface area (TPSA) is 0 Å². The van der Waals surface area contributed by atoms with Crippen molar-refractivity contribution in [1.82, 2.24) is 0 Å². The molecule has 0 amide bonds. The van der Waals surface area contributed by atoms with E-state index in [2.05, 4.69) is 6.92 Å². The van der Waals surface area contributed by atoms with E-state index in [1.807, 2.05) is 0 Å². The molecule has 2 aliphatic carbocycles. The molecule has 2 saturated carbocycles. The highest BCUT2D eigenvalue weighted by atomic mass is 14.1. The molecule has 0 unspecified atom stereocenters. The minimum Gasteiger partial charge on any atom is -0.0625 e. The number of hydrogen-bond acceptors (Lipinski definition) is 0. The molecule has 0 saturated heterocycles. The molecule has 2 rings (SSSR count). The van der Waals surface area contributed by atoms with Gasteiger partial charge in [-0.1, -0.05) is 71.1 Å². The SMILES string of the molecule is C1CCCCC1.CC1CCCC1. The summed E-state index contributed by atoms with van der Waals surface area (Å²) in [5.41, 5.74) is 0. The molecule has 0 aromatic heterocycles. The van der Waals surface area contributed by atoms with Crippen molar-refractivity contribution >= 4 is 0 Å². The van der Waals surface area contributed by atoms with Crippen molar-refractivity contribution in [2.45, 2.75) is 71.1 Å². The second-order valence-corrected chi connectivity index (χ2v) is 4.51. The van der Waals surface area contributed by atoms with Crippen LogP contribution in [0.4, 0.5) is 0 Å². The highest BCUT2D eigenvalue weighted by Crippen LogP contribution is 2.22. The molecule has 0 aromatic rings. The fourth-order valence-electron chi connectivity index (χ4n) is 2.19. The second-order valence-electron chi connectivity index (χ2n) is 4.51. The Bertz CT molecular complexity index is 74.7. The molecular weight excluding hydrogens is 144 g/mol. The van der Waals surface area contributed by atoms with Gasteiger partial charge in [-0.15, -0.1) is 0 Å². The molecule has 0 radical (unpaired) electrons. The average Bonchev–Trinajstić information content (AvgIpc) is 2.60. The van der Waals surface area contributed by atoms with E-state index >= 15 is 0 Å². The number of hydrogen-bond donors (Lipinski definition) is 0. The first-order chi connectivity index (χ1) is 5.89. The van der Waals surface area contributed by atoms with Crippen molar-refractivity contribution in [1.29, 1.82) is 0 Å². The van der Waals surface area contributed by atoms with Crippen molar-refractivity contribution in [3.8, 4) is 0 Å². The summed E-state index contributed by atoms with van der Waals surface area (Å²) >= 11 is 0. The summed E-state index contributed by atoms with van der Waals surface area (Å²) in [5.74, 6) is 1.05. The maximum Gasteiger partial charge on any atom is -0.0443 e. The van der Waals surface area contributed by atoms with E-state index in [-0.39, 0.29) is 0 Å². The Morgan fingerprint density at radius 1 is 0.583 bits per heavy atom. The summed E-state index contributed by atoms with van der Waals surface area (Å²) in [6.07, 6.45) is 14.9. The van der Waals surface area contributed by atoms with Crippen LogP contribution in [0.5, 0.6) is 0 Å². The fourth-order valence-corrected chi connectivity index (χ4v) is 2.19. The van der Waals surface area contributed by atoms with E-state index in [9.17, 15) is 0 Å². The summed E-state index contributed by atoms with van der Waals surface area (Å²) < 4.78 is 0. The van der Waals surface area contributed by atoms with Crippen LogP contribution < -0.4 is 0 Å². The fraction of sp³-hybridized carbons (Fsp3) is 1.00. The molecule has 0 bridgehead atoms. The van der Waals surface area contributed by atoms with Gasteiger partial charge in [0, 0.05) is 0 Å². The molecule has 72 valence electrons. The highest BCUT2D eigenvalue weighted by Gasteiger charge is 2.07. The van der Waals surface area contributed by atoms with Crippen molar-refractivity contribution in [3.05, 3.63) is 0 Å². The van der Waals surface area contributed by atoms with Gasteiger partial charge in [0.25, 0.3) is 0 Å². The largest absolute Gasteiger partial charge is 0.0625 e. The van der Waals surface area contributed by atoms with Crippen LogP contribution in [0.25, 0.3) is 0 Å². The quantitative estimate of drug-likeness (QED) is 0.498. The molecule has 0 aliphatic heterocycles. The van der Waals surface area contributed by atoms with Crippen molar-refractivity contribution in [2.75, 3.05) is 0 Å². The van der Waals surface area contributed by atoms with Gasteiger partial charge in [0.1, 0.15) is 0 Å².